The summed E-state index contributed by atoms with van der Waals surface area (Å²) >= 11 is 0. The number of nitrogens with one attached hydrogen (secondary N) is 2. The molecule has 20 heavy (non-hydrogen) atoms. The van der Waals surface area contributed by atoms with Crippen LogP contribution in [0.3, 0.4) is 0 Å². The van der Waals surface area contributed by atoms with Crippen LogP contribution < -0.4 is 9.46 Å². The summed E-state index contributed by atoms with van der Waals surface area (Å²) in [6.07, 6.45) is 1.09. The van der Waals surface area contributed by atoms with Crippen molar-refractivity contribution >= 4 is 15.7 Å². The Balaban J connectivity index is 2.38. The predicted octanol–water partition coefficient (Wildman–Crippen LogP) is 1.52. The Hall–Kier alpha value is -2.23. The second-order valence-electron chi connectivity index (χ2n) is 3.71. The Kier molecular flexibility index (Phi) is 3.84. The molecular formula is C10H10F2N4O3S. The maximum absolute atomic E-state index is 12.3. The molecule has 7 nitrogen and oxygen atoms in total. The molecular weight excluding hydrogens is 294 g/mol. The molecule has 0 aliphatic heterocycles. The van der Waals surface area contributed by atoms with Crippen molar-refractivity contribution in [2.45, 2.75) is 18.7 Å². The van der Waals surface area contributed by atoms with Gasteiger partial charge in [0, 0.05) is 0 Å². The number of para-hydroxylation sites is 1. The van der Waals surface area contributed by atoms with Crippen molar-refractivity contribution in [2.75, 3.05) is 4.72 Å². The highest BCUT2D eigenvalue weighted by molar-refractivity contribution is 7.92. The van der Waals surface area contributed by atoms with Crippen LogP contribution in [-0.2, 0) is 10.0 Å². The van der Waals surface area contributed by atoms with Crippen LogP contribution >= 0.6 is 0 Å². The highest BCUT2D eigenvalue weighted by Gasteiger charge is 2.22. The van der Waals surface area contributed by atoms with Crippen LogP contribution in [0.2, 0.25) is 0 Å². The number of rotatable bonds is 5. The number of H-pyrrole nitrogens is 1. The SMILES string of the molecule is Cc1cccc(OC(F)F)c1NS(=O)(=O)c1nc[nH]n1. The van der Waals surface area contributed by atoms with Gasteiger partial charge in [-0.2, -0.15) is 17.2 Å². The van der Waals surface area contributed by atoms with Gasteiger partial charge in [-0.15, -0.1) is 5.10 Å². The average Bonchev–Trinajstić information content (AvgIpc) is 2.87. The van der Waals surface area contributed by atoms with Gasteiger partial charge in [-0.25, -0.2) is 4.98 Å². The van der Waals surface area contributed by atoms with Crippen LogP contribution in [0.5, 0.6) is 5.75 Å². The average molecular weight is 304 g/mol. The van der Waals surface area contributed by atoms with Gasteiger partial charge in [0.15, 0.2) is 0 Å². The minimum absolute atomic E-state index is 0.0856. The molecule has 0 aliphatic carbocycles. The summed E-state index contributed by atoms with van der Waals surface area (Å²) in [6.45, 7) is -1.52. The van der Waals surface area contributed by atoms with Gasteiger partial charge < -0.3 is 4.74 Å². The van der Waals surface area contributed by atoms with Gasteiger partial charge in [0.2, 0.25) is 0 Å². The van der Waals surface area contributed by atoms with E-state index in [-0.39, 0.29) is 11.4 Å². The molecule has 0 bridgehead atoms. The molecule has 10 heteroatoms. The number of nitrogens with zero attached hydrogens (tertiary/aromatic N) is 2. The van der Waals surface area contributed by atoms with Crippen molar-refractivity contribution < 1.29 is 21.9 Å². The molecule has 2 aromatic rings. The van der Waals surface area contributed by atoms with Gasteiger partial charge >= 0.3 is 6.61 Å². The first-order chi connectivity index (χ1) is 9.40. The first kappa shape index (κ1) is 14.2. The van der Waals surface area contributed by atoms with E-state index in [1.807, 2.05) is 0 Å². The second-order valence-corrected chi connectivity index (χ2v) is 5.29. The van der Waals surface area contributed by atoms with Crippen molar-refractivity contribution in [2.24, 2.45) is 0 Å². The van der Waals surface area contributed by atoms with Crippen LogP contribution in [0.15, 0.2) is 29.7 Å². The fraction of sp³-hybridized carbons (Fsp3) is 0.200. The lowest BCUT2D eigenvalue weighted by atomic mass is 10.2. The lowest BCUT2D eigenvalue weighted by molar-refractivity contribution is -0.0493. The highest BCUT2D eigenvalue weighted by Crippen LogP contribution is 2.30. The number of halogens is 2. The highest BCUT2D eigenvalue weighted by atomic mass is 32.2. The van der Waals surface area contributed by atoms with E-state index in [1.54, 1.807) is 13.0 Å². The van der Waals surface area contributed by atoms with E-state index < -0.39 is 21.8 Å². The lowest BCUT2D eigenvalue weighted by Crippen LogP contribution is -2.17. The number of aryl methyl sites for hydroxylation is 1. The molecule has 2 N–H and O–H groups in total. The monoisotopic (exact) mass is 304 g/mol. The number of hydrogen-bond donors (Lipinski definition) is 2. The van der Waals surface area contributed by atoms with Crippen LogP contribution in [0.4, 0.5) is 14.5 Å². The molecule has 1 aromatic heterocycles. The van der Waals surface area contributed by atoms with Crippen LogP contribution in [-0.4, -0.2) is 30.2 Å². The van der Waals surface area contributed by atoms with Gasteiger partial charge in [0.1, 0.15) is 12.1 Å². The molecule has 0 spiro atoms. The fourth-order valence-electron chi connectivity index (χ4n) is 1.47. The number of ether oxygens (including phenoxy) is 1. The minimum Gasteiger partial charge on any atom is -0.433 e. The van der Waals surface area contributed by atoms with Crippen LogP contribution in [0, 0.1) is 6.92 Å². The predicted molar refractivity (Wildman–Crippen MR) is 65.0 cm³/mol. The van der Waals surface area contributed by atoms with Crippen LogP contribution in [0.1, 0.15) is 5.56 Å². The summed E-state index contributed by atoms with van der Waals surface area (Å²) in [5, 5.41) is 5.18. The molecule has 2 rings (SSSR count). The Morgan fingerprint density at radius 3 is 2.75 bits per heavy atom. The van der Waals surface area contributed by atoms with E-state index >= 15 is 0 Å². The molecule has 0 amide bonds. The number of hydrogen-bond acceptors (Lipinski definition) is 5. The van der Waals surface area contributed by atoms with Gasteiger partial charge in [0.25, 0.3) is 15.2 Å². The Bertz CT molecular complexity index is 689. The summed E-state index contributed by atoms with van der Waals surface area (Å²) in [6, 6.07) is 4.25. The summed E-state index contributed by atoms with van der Waals surface area (Å²) in [5.74, 6) is -0.279. The number of sulfonamides is 1. The first-order valence-corrected chi connectivity index (χ1v) is 6.81. The van der Waals surface area contributed by atoms with E-state index in [4.69, 9.17) is 0 Å². The third kappa shape index (κ3) is 3.02. The molecule has 0 radical (unpaired) electrons. The van der Waals surface area contributed by atoms with Crippen molar-refractivity contribution in [1.29, 1.82) is 0 Å². The van der Waals surface area contributed by atoms with Crippen molar-refractivity contribution in [3.05, 3.63) is 30.1 Å². The first-order valence-electron chi connectivity index (χ1n) is 5.33. The zero-order valence-corrected chi connectivity index (χ0v) is 11.0. The summed E-state index contributed by atoms with van der Waals surface area (Å²) in [7, 11) is -4.08. The van der Waals surface area contributed by atoms with Gasteiger partial charge in [-0.1, -0.05) is 12.1 Å². The normalized spacial score (nSPS) is 11.6. The minimum atomic E-state index is -4.08. The Labute approximate surface area is 113 Å². The standard InChI is InChI=1S/C10H10F2N4O3S/c1-6-3-2-4-7(19-9(11)12)8(6)16-20(17,18)10-13-5-14-15-10/h2-5,9,16H,1H3,(H,13,14,15). The molecule has 1 aromatic carbocycles. The topological polar surface area (TPSA) is 97.0 Å². The molecule has 0 saturated carbocycles. The Morgan fingerprint density at radius 1 is 1.40 bits per heavy atom. The van der Waals surface area contributed by atoms with Crippen molar-refractivity contribution in [3.63, 3.8) is 0 Å². The van der Waals surface area contributed by atoms with Gasteiger partial charge in [0.05, 0.1) is 5.69 Å². The molecule has 1 heterocycles. The number of alkyl halides is 2. The van der Waals surface area contributed by atoms with E-state index in [2.05, 4.69) is 24.6 Å². The Morgan fingerprint density at radius 2 is 2.15 bits per heavy atom. The van der Waals surface area contributed by atoms with E-state index in [0.717, 1.165) is 6.33 Å². The summed E-state index contributed by atoms with van der Waals surface area (Å²) in [5.41, 5.74) is 0.333. The van der Waals surface area contributed by atoms with E-state index in [1.165, 1.54) is 12.1 Å². The smallest absolute Gasteiger partial charge is 0.387 e. The van der Waals surface area contributed by atoms with Gasteiger partial charge in [-0.3, -0.25) is 9.82 Å². The third-order valence-electron chi connectivity index (χ3n) is 2.32. The van der Waals surface area contributed by atoms with Gasteiger partial charge in [-0.05, 0) is 18.6 Å². The maximum atomic E-state index is 12.3. The molecule has 108 valence electrons. The maximum Gasteiger partial charge on any atom is 0.387 e. The quantitative estimate of drug-likeness (QED) is 0.873. The third-order valence-corrected chi connectivity index (χ3v) is 3.47. The van der Waals surface area contributed by atoms with Crippen LogP contribution in [0.25, 0.3) is 0 Å². The zero-order chi connectivity index (χ0) is 14.8. The summed E-state index contributed by atoms with van der Waals surface area (Å²) < 4.78 is 54.9. The van der Waals surface area contributed by atoms with Crippen molar-refractivity contribution in [1.82, 2.24) is 15.2 Å². The molecule has 0 saturated heterocycles. The molecule has 0 atom stereocenters. The number of aromatic amines is 1. The second kappa shape index (κ2) is 5.41. The number of benzene rings is 1. The van der Waals surface area contributed by atoms with Crippen molar-refractivity contribution in [3.8, 4) is 5.75 Å². The largest absolute Gasteiger partial charge is 0.433 e. The zero-order valence-electron chi connectivity index (χ0n) is 10.2. The summed E-state index contributed by atoms with van der Waals surface area (Å²) in [4.78, 5) is 3.50. The lowest BCUT2D eigenvalue weighted by Gasteiger charge is -2.14. The number of anilines is 1. The molecule has 0 fully saturated rings. The molecule has 0 unspecified atom stereocenters. The molecule has 0 aliphatic rings. The van der Waals surface area contributed by atoms with E-state index in [9.17, 15) is 17.2 Å². The fourth-order valence-corrected chi connectivity index (χ4v) is 2.46. The number of aromatic nitrogens is 3. The van der Waals surface area contributed by atoms with E-state index in [0.29, 0.717) is 5.56 Å².